The molecule has 3 aromatic rings. The maximum Gasteiger partial charge on any atom is 0.228 e. The number of aromatic nitrogens is 3. The number of anilines is 1. The molecule has 0 bridgehead atoms. The summed E-state index contributed by atoms with van der Waals surface area (Å²) >= 11 is 0. The highest BCUT2D eigenvalue weighted by Crippen LogP contribution is 2.41. The van der Waals surface area contributed by atoms with Gasteiger partial charge in [0.15, 0.2) is 0 Å². The third kappa shape index (κ3) is 4.00. The van der Waals surface area contributed by atoms with Gasteiger partial charge in [0.05, 0.1) is 17.9 Å². The average molecular weight is 418 g/mol. The lowest BCUT2D eigenvalue weighted by molar-refractivity contribution is -0.119. The van der Waals surface area contributed by atoms with Gasteiger partial charge in [-0.2, -0.15) is 0 Å². The molecule has 2 aromatic carbocycles. The minimum absolute atomic E-state index is 0.127. The molecule has 0 spiro atoms. The van der Waals surface area contributed by atoms with Crippen LogP contribution in [0.1, 0.15) is 45.7 Å². The molecule has 0 atom stereocenters. The fourth-order valence-electron chi connectivity index (χ4n) is 4.03. The summed E-state index contributed by atoms with van der Waals surface area (Å²) in [4.78, 5) is 17.6. The fraction of sp³-hybridized carbons (Fsp3) is 0.400. The maximum atomic E-state index is 13.5. The van der Waals surface area contributed by atoms with Crippen LogP contribution in [0.5, 0.6) is 0 Å². The first-order valence-electron chi connectivity index (χ1n) is 11.0. The number of benzene rings is 2. The van der Waals surface area contributed by atoms with E-state index >= 15 is 0 Å². The van der Waals surface area contributed by atoms with Crippen molar-refractivity contribution < 1.29 is 4.79 Å². The minimum atomic E-state index is 0.127. The molecule has 0 unspecified atom stereocenters. The number of carbonyl (C=O) groups excluding carboxylic acids is 1. The molecule has 0 radical (unpaired) electrons. The van der Waals surface area contributed by atoms with Crippen molar-refractivity contribution in [2.24, 2.45) is 0 Å². The molecule has 31 heavy (non-hydrogen) atoms. The van der Waals surface area contributed by atoms with E-state index in [1.54, 1.807) is 0 Å². The lowest BCUT2D eigenvalue weighted by Gasteiger charge is -2.30. The second-order valence-corrected chi connectivity index (χ2v) is 8.80. The summed E-state index contributed by atoms with van der Waals surface area (Å²) in [5.41, 5.74) is 5.88. The van der Waals surface area contributed by atoms with Crippen LogP contribution in [0.3, 0.4) is 0 Å². The zero-order chi connectivity index (χ0) is 22.1. The van der Waals surface area contributed by atoms with Crippen LogP contribution < -0.4 is 4.90 Å². The van der Waals surface area contributed by atoms with Gasteiger partial charge in [-0.05, 0) is 46.4 Å². The highest BCUT2D eigenvalue weighted by Gasteiger charge is 2.29. The molecule has 6 heteroatoms. The molecule has 0 saturated heterocycles. The summed E-state index contributed by atoms with van der Waals surface area (Å²) in [6.07, 6.45) is 0.472. The number of nitrogens with zero attached hydrogens (tertiary/aromatic N) is 5. The molecule has 4 rings (SSSR count). The Hall–Kier alpha value is -2.99. The van der Waals surface area contributed by atoms with Crippen molar-refractivity contribution in [2.75, 3.05) is 18.5 Å². The van der Waals surface area contributed by atoms with Gasteiger partial charge in [-0.15, -0.1) is 5.10 Å². The number of hydrogen-bond acceptors (Lipinski definition) is 4. The number of fused-ring (bicyclic) bond motifs is 5. The third-order valence-corrected chi connectivity index (χ3v) is 6.10. The summed E-state index contributed by atoms with van der Waals surface area (Å²) in [6.45, 7) is 9.75. The molecule has 6 nitrogen and oxygen atoms in total. The Morgan fingerprint density at radius 2 is 1.71 bits per heavy atom. The van der Waals surface area contributed by atoms with Crippen LogP contribution in [0.15, 0.2) is 48.5 Å². The van der Waals surface area contributed by atoms with Gasteiger partial charge in [-0.3, -0.25) is 4.79 Å². The summed E-state index contributed by atoms with van der Waals surface area (Å²) in [5.74, 6) is 0.127. The molecule has 0 aliphatic carbocycles. The Labute approximate surface area is 184 Å². The monoisotopic (exact) mass is 417 g/mol. The summed E-state index contributed by atoms with van der Waals surface area (Å²) in [7, 11) is 2.06. The zero-order valence-electron chi connectivity index (χ0n) is 19.0. The summed E-state index contributed by atoms with van der Waals surface area (Å²) < 4.78 is 1.96. The van der Waals surface area contributed by atoms with Gasteiger partial charge < -0.3 is 9.80 Å². The first-order valence-corrected chi connectivity index (χ1v) is 11.0. The Bertz CT molecular complexity index is 1090. The predicted molar refractivity (Wildman–Crippen MR) is 125 cm³/mol. The van der Waals surface area contributed by atoms with Crippen LogP contribution in [0.4, 0.5) is 5.69 Å². The van der Waals surface area contributed by atoms with Crippen molar-refractivity contribution in [1.82, 2.24) is 19.9 Å². The van der Waals surface area contributed by atoms with Crippen LogP contribution >= 0.6 is 0 Å². The van der Waals surface area contributed by atoms with E-state index in [9.17, 15) is 4.79 Å². The fourth-order valence-corrected chi connectivity index (χ4v) is 4.03. The molecule has 0 fully saturated rings. The lowest BCUT2D eigenvalue weighted by atomic mass is 9.95. The summed E-state index contributed by atoms with van der Waals surface area (Å²) in [6, 6.07) is 16.9. The number of rotatable bonds is 5. The number of carbonyl (C=O) groups is 1. The van der Waals surface area contributed by atoms with Crippen LogP contribution in [0.25, 0.3) is 22.5 Å². The predicted octanol–water partition coefficient (Wildman–Crippen LogP) is 4.77. The number of hydrogen-bond donors (Lipinski definition) is 0. The van der Waals surface area contributed by atoms with Gasteiger partial charge in [-0.1, -0.05) is 47.7 Å². The SMILES string of the molecule is CC(C)N(C)CCC(=O)N1Cc2ccccc2-c2nnn(C(C)C)c2-c2ccccc21. The molecule has 1 aromatic heterocycles. The minimum Gasteiger partial charge on any atom is -0.307 e. The largest absolute Gasteiger partial charge is 0.307 e. The van der Waals surface area contributed by atoms with Crippen molar-refractivity contribution in [2.45, 2.75) is 52.7 Å². The molecule has 162 valence electrons. The molecule has 1 amide bonds. The summed E-state index contributed by atoms with van der Waals surface area (Å²) in [5, 5.41) is 9.06. The Morgan fingerprint density at radius 1 is 1.03 bits per heavy atom. The first kappa shape index (κ1) is 21.2. The molecule has 0 N–H and O–H groups in total. The standard InChI is InChI=1S/C25H31N5O/c1-17(2)28(5)15-14-23(31)29-16-19-10-6-7-11-20(19)24-25(30(18(3)4)27-26-24)21-12-8-9-13-22(21)29/h6-13,17-18H,14-16H2,1-5H3. The molecular formula is C25H31N5O. The van der Waals surface area contributed by atoms with E-state index in [4.69, 9.17) is 0 Å². The first-order chi connectivity index (χ1) is 14.9. The van der Waals surface area contributed by atoms with Crippen molar-refractivity contribution in [1.29, 1.82) is 0 Å². The van der Waals surface area contributed by atoms with Gasteiger partial charge >= 0.3 is 0 Å². The maximum absolute atomic E-state index is 13.5. The van der Waals surface area contributed by atoms with Crippen molar-refractivity contribution >= 4 is 11.6 Å². The Kier molecular flexibility index (Phi) is 5.92. The van der Waals surface area contributed by atoms with Crippen LogP contribution in [-0.2, 0) is 11.3 Å². The van der Waals surface area contributed by atoms with E-state index in [-0.39, 0.29) is 11.9 Å². The van der Waals surface area contributed by atoms with Gasteiger partial charge in [0.2, 0.25) is 5.91 Å². The van der Waals surface area contributed by atoms with Crippen molar-refractivity contribution in [3.63, 3.8) is 0 Å². The topological polar surface area (TPSA) is 54.3 Å². The van der Waals surface area contributed by atoms with Crippen molar-refractivity contribution in [3.05, 3.63) is 54.1 Å². The second-order valence-electron chi connectivity index (χ2n) is 8.80. The van der Waals surface area contributed by atoms with E-state index in [2.05, 4.69) is 68.2 Å². The normalized spacial score (nSPS) is 13.1. The van der Waals surface area contributed by atoms with Crippen LogP contribution in [-0.4, -0.2) is 45.4 Å². The lowest BCUT2D eigenvalue weighted by Crippen LogP contribution is -2.36. The van der Waals surface area contributed by atoms with Crippen LogP contribution in [0.2, 0.25) is 0 Å². The molecule has 0 saturated carbocycles. The quantitative estimate of drug-likeness (QED) is 0.600. The second kappa shape index (κ2) is 8.63. The molecular weight excluding hydrogens is 386 g/mol. The molecule has 1 aliphatic rings. The highest BCUT2D eigenvalue weighted by molar-refractivity contribution is 6.00. The van der Waals surface area contributed by atoms with Gasteiger partial charge in [-0.25, -0.2) is 4.68 Å². The Morgan fingerprint density at radius 3 is 2.42 bits per heavy atom. The smallest absolute Gasteiger partial charge is 0.228 e. The van der Waals surface area contributed by atoms with Crippen LogP contribution in [0, 0.1) is 0 Å². The molecule has 1 aliphatic heterocycles. The average Bonchev–Trinajstić information content (AvgIpc) is 3.19. The van der Waals surface area contributed by atoms with E-state index in [1.165, 1.54) is 0 Å². The van der Waals surface area contributed by atoms with Gasteiger partial charge in [0.25, 0.3) is 0 Å². The van der Waals surface area contributed by atoms with E-state index in [1.807, 2.05) is 39.9 Å². The molecule has 2 heterocycles. The zero-order valence-corrected chi connectivity index (χ0v) is 19.0. The van der Waals surface area contributed by atoms with E-state index < -0.39 is 0 Å². The van der Waals surface area contributed by atoms with E-state index in [0.717, 1.165) is 40.3 Å². The number of amides is 1. The van der Waals surface area contributed by atoms with E-state index in [0.29, 0.717) is 19.0 Å². The van der Waals surface area contributed by atoms with Gasteiger partial charge in [0, 0.05) is 36.2 Å². The van der Waals surface area contributed by atoms with Crippen molar-refractivity contribution in [3.8, 4) is 22.5 Å². The Balaban J connectivity index is 1.86. The van der Waals surface area contributed by atoms with Gasteiger partial charge in [0.1, 0.15) is 5.69 Å². The highest BCUT2D eigenvalue weighted by atomic mass is 16.2. The number of para-hydroxylation sites is 1. The third-order valence-electron chi connectivity index (χ3n) is 6.10.